The van der Waals surface area contributed by atoms with E-state index in [-0.39, 0.29) is 0 Å². The number of hydrogen-bond acceptors (Lipinski definition) is 6. The maximum Gasteiger partial charge on any atom is 0.160 e. The lowest BCUT2D eigenvalue weighted by Crippen LogP contribution is -2.37. The molecule has 4 heterocycles. The summed E-state index contributed by atoms with van der Waals surface area (Å²) in [5, 5.41) is 29.4. The van der Waals surface area contributed by atoms with Gasteiger partial charge in [-0.1, -0.05) is 109 Å². The third kappa shape index (κ3) is 5.75. The summed E-state index contributed by atoms with van der Waals surface area (Å²) < 4.78 is 16.6. The number of fused-ring (bicyclic) bond motifs is 14. The molecule has 68 heavy (non-hydrogen) atoms. The van der Waals surface area contributed by atoms with Gasteiger partial charge in [-0.2, -0.15) is 10.5 Å². The summed E-state index contributed by atoms with van der Waals surface area (Å²) in [7, 11) is -1.62. The van der Waals surface area contributed by atoms with E-state index < -0.39 is 8.07 Å². The van der Waals surface area contributed by atoms with Crippen LogP contribution >= 0.6 is 0 Å². The Hall–Kier alpha value is -8.82. The van der Waals surface area contributed by atoms with Gasteiger partial charge < -0.3 is 23.0 Å². The highest BCUT2D eigenvalue weighted by molar-refractivity contribution is 6.88. The summed E-state index contributed by atoms with van der Waals surface area (Å²) in [5.74, 6) is 0. The van der Waals surface area contributed by atoms with Crippen molar-refractivity contribution in [3.8, 4) is 12.1 Å². The molecule has 4 aromatic heterocycles. The zero-order chi connectivity index (χ0) is 46.0. The number of nitrogens with zero attached hydrogens (tertiary/aromatic N) is 5. The third-order valence-electron chi connectivity index (χ3n) is 13.8. The molecule has 0 aliphatic carbocycles. The van der Waals surface area contributed by atoms with Crippen molar-refractivity contribution in [3.63, 3.8) is 0 Å². The highest BCUT2D eigenvalue weighted by Gasteiger charge is 2.32. The molecule has 13 rings (SSSR count). The molecule has 0 spiro atoms. The Labute approximate surface area is 392 Å². The molecule has 0 amide bonds. The Morgan fingerprint density at radius 3 is 1.26 bits per heavy atom. The predicted molar refractivity (Wildman–Crippen MR) is 282 cm³/mol. The number of nitriles is 2. The quantitative estimate of drug-likeness (QED) is 0.148. The Morgan fingerprint density at radius 2 is 0.838 bits per heavy atom. The normalized spacial score (nSPS) is 12.1. The van der Waals surface area contributed by atoms with Crippen LogP contribution in [-0.2, 0) is 0 Å². The smallest absolute Gasteiger partial charge is 0.160 e. The number of rotatable bonds is 7. The molecule has 13 aromatic rings. The lowest BCUT2D eigenvalue weighted by molar-refractivity contribution is 0.670. The van der Waals surface area contributed by atoms with E-state index in [0.717, 1.165) is 122 Å². The maximum atomic E-state index is 9.92. The van der Waals surface area contributed by atoms with Gasteiger partial charge in [0.1, 0.15) is 22.2 Å². The third-order valence-corrected chi connectivity index (χ3v) is 15.8. The highest BCUT2D eigenvalue weighted by Crippen LogP contribution is 2.54. The predicted octanol–water partition coefficient (Wildman–Crippen LogP) is 16.2. The van der Waals surface area contributed by atoms with Crippen molar-refractivity contribution in [1.29, 1.82) is 10.5 Å². The van der Waals surface area contributed by atoms with Crippen molar-refractivity contribution in [2.45, 2.75) is 26.6 Å². The summed E-state index contributed by atoms with van der Waals surface area (Å²) in [5.41, 5.74) is 14.3. The zero-order valence-corrected chi connectivity index (χ0v) is 38.8. The molecule has 0 unspecified atom stereocenters. The summed E-state index contributed by atoms with van der Waals surface area (Å²) in [6, 6.07) is 65.9. The average Bonchev–Trinajstić information content (AvgIpc) is 4.13. The number of aryl methyl sites for hydroxylation is 1. The molecule has 8 heteroatoms. The summed E-state index contributed by atoms with van der Waals surface area (Å²) in [6.45, 7) is 9.23. The van der Waals surface area contributed by atoms with E-state index >= 15 is 0 Å². The van der Waals surface area contributed by atoms with Crippen molar-refractivity contribution in [1.82, 2.24) is 4.40 Å². The number of hydrogen-bond donors (Lipinski definition) is 0. The number of anilines is 6. The molecule has 0 fully saturated rings. The fourth-order valence-electron chi connectivity index (χ4n) is 10.5. The van der Waals surface area contributed by atoms with Crippen molar-refractivity contribution >= 4 is 129 Å². The minimum atomic E-state index is -1.62. The monoisotopic (exact) mass is 891 g/mol. The van der Waals surface area contributed by atoms with Crippen molar-refractivity contribution in [2.24, 2.45) is 0 Å². The maximum absolute atomic E-state index is 9.92. The second-order valence-electron chi connectivity index (χ2n) is 18.8. The van der Waals surface area contributed by atoms with E-state index in [2.05, 4.69) is 156 Å². The van der Waals surface area contributed by atoms with Gasteiger partial charge in [0, 0.05) is 65.8 Å². The van der Waals surface area contributed by atoms with Crippen LogP contribution in [-0.4, -0.2) is 12.5 Å². The number of aromatic nitrogens is 1. The van der Waals surface area contributed by atoms with Crippen LogP contribution in [0.3, 0.4) is 0 Å². The van der Waals surface area contributed by atoms with Crippen molar-refractivity contribution in [2.75, 3.05) is 9.80 Å². The molecule has 0 aliphatic rings. The molecule has 0 atom stereocenters. The van der Waals surface area contributed by atoms with E-state index in [4.69, 9.17) is 8.83 Å². The topological polar surface area (TPSA) is 84.8 Å². The largest absolute Gasteiger partial charge is 0.454 e. The van der Waals surface area contributed by atoms with Crippen LogP contribution in [0.15, 0.2) is 185 Å². The average molecular weight is 892 g/mol. The summed E-state index contributed by atoms with van der Waals surface area (Å²) in [4.78, 5) is 4.65. The first-order chi connectivity index (χ1) is 33.2. The van der Waals surface area contributed by atoms with Gasteiger partial charge in [0.25, 0.3) is 0 Å². The molecule has 0 saturated carbocycles. The van der Waals surface area contributed by atoms with E-state index in [9.17, 15) is 10.5 Å². The first-order valence-electron chi connectivity index (χ1n) is 22.9. The molecule has 322 valence electrons. The standard InChI is InChI=1S/C60H41N5O2Si/c1-36-16-22-39(23-17-36)63(40-24-18-37(34-61)19-25-40)50-32-48-44-10-5-7-14-52(44)66-59(48)57-54(50)46-12-9-13-47-55-51(33-49-45-11-6-8-15-53(45)67-60(49)58(55)65(57)56(46)47)64(41-26-20-38(35-62)21-27-41)42-28-30-43(31-29-42)68(2,3)4/h5-33H,1-4H3. The Kier molecular flexibility index (Phi) is 8.48. The van der Waals surface area contributed by atoms with Crippen LogP contribution in [0.5, 0.6) is 0 Å². The number of para-hydroxylation sites is 3. The molecule has 0 N–H and O–H groups in total. The van der Waals surface area contributed by atoms with Gasteiger partial charge in [0.2, 0.25) is 0 Å². The SMILES string of the molecule is Cc1ccc(N(c2ccc(C#N)cc2)c2cc3c4ccccc4oc3c3c2c2cccc4c5c(N(c6ccc(C#N)cc6)c6ccc([Si](C)(C)C)cc6)cc6c7ccccc7oc6c5n3c24)cc1. The van der Waals surface area contributed by atoms with Crippen LogP contribution in [0, 0.1) is 29.6 Å². The second-order valence-corrected chi connectivity index (χ2v) is 23.9. The Balaban J connectivity index is 1.24. The van der Waals surface area contributed by atoms with Crippen molar-refractivity contribution < 1.29 is 8.83 Å². The van der Waals surface area contributed by atoms with E-state index in [0.29, 0.717) is 11.1 Å². The molecular weight excluding hydrogens is 851 g/mol. The van der Waals surface area contributed by atoms with E-state index in [1.807, 2.05) is 72.8 Å². The van der Waals surface area contributed by atoms with Gasteiger partial charge in [-0.3, -0.25) is 0 Å². The minimum absolute atomic E-state index is 0.596. The van der Waals surface area contributed by atoms with Gasteiger partial charge >= 0.3 is 0 Å². The molecule has 0 radical (unpaired) electrons. The number of furan rings is 2. The van der Waals surface area contributed by atoms with Crippen LogP contribution in [0.2, 0.25) is 19.6 Å². The van der Waals surface area contributed by atoms with E-state index in [1.54, 1.807) is 0 Å². The molecule has 7 nitrogen and oxygen atoms in total. The zero-order valence-electron chi connectivity index (χ0n) is 37.8. The van der Waals surface area contributed by atoms with E-state index in [1.165, 1.54) is 5.19 Å². The lowest BCUT2D eigenvalue weighted by atomic mass is 10.0. The summed E-state index contributed by atoms with van der Waals surface area (Å²) >= 11 is 0. The molecule has 0 aliphatic heterocycles. The second kappa shape index (κ2) is 14.6. The van der Waals surface area contributed by atoms with Gasteiger partial charge in [-0.15, -0.1) is 0 Å². The van der Waals surface area contributed by atoms with Crippen molar-refractivity contribution in [3.05, 3.63) is 193 Å². The van der Waals surface area contributed by atoms with Gasteiger partial charge in [-0.25, -0.2) is 0 Å². The Bertz CT molecular complexity index is 4260. The molecule has 0 saturated heterocycles. The number of benzene rings is 9. The van der Waals surface area contributed by atoms with Crippen LogP contribution in [0.4, 0.5) is 34.1 Å². The first-order valence-corrected chi connectivity index (χ1v) is 26.4. The van der Waals surface area contributed by atoms with Gasteiger partial charge in [-0.05, 0) is 104 Å². The van der Waals surface area contributed by atoms with Crippen LogP contribution in [0.1, 0.15) is 16.7 Å². The molecule has 0 bridgehead atoms. The molecule has 9 aromatic carbocycles. The fourth-order valence-corrected chi connectivity index (χ4v) is 11.7. The Morgan fingerprint density at radius 1 is 0.441 bits per heavy atom. The van der Waals surface area contributed by atoms with Crippen LogP contribution < -0.4 is 15.0 Å². The highest BCUT2D eigenvalue weighted by atomic mass is 28.3. The minimum Gasteiger partial charge on any atom is -0.454 e. The summed E-state index contributed by atoms with van der Waals surface area (Å²) in [6.07, 6.45) is 0. The lowest BCUT2D eigenvalue weighted by Gasteiger charge is -2.28. The van der Waals surface area contributed by atoms with Gasteiger partial charge in [0.15, 0.2) is 11.2 Å². The van der Waals surface area contributed by atoms with Crippen LogP contribution in [0.25, 0.3) is 82.0 Å². The van der Waals surface area contributed by atoms with Gasteiger partial charge in [0.05, 0.1) is 48.2 Å². The molecular formula is C60H41N5O2Si. The first kappa shape index (κ1) is 39.5. The fraction of sp³-hybridized carbons (Fsp3) is 0.0667.